The van der Waals surface area contributed by atoms with Gasteiger partial charge >= 0.3 is 0 Å². The number of nitrogens with zero attached hydrogens (tertiary/aromatic N) is 3. The van der Waals surface area contributed by atoms with Crippen LogP contribution in [0.4, 0.5) is 11.5 Å². The first-order chi connectivity index (χ1) is 16.4. The van der Waals surface area contributed by atoms with E-state index in [1.54, 1.807) is 36.5 Å². The fourth-order valence-electron chi connectivity index (χ4n) is 4.06. The third-order valence-electron chi connectivity index (χ3n) is 6.15. The molecule has 7 heteroatoms. The maximum absolute atomic E-state index is 12.9. The largest absolute Gasteiger partial charge is 0.506 e. The van der Waals surface area contributed by atoms with E-state index in [2.05, 4.69) is 27.1 Å². The summed E-state index contributed by atoms with van der Waals surface area (Å²) >= 11 is 0. The van der Waals surface area contributed by atoms with Crippen LogP contribution < -0.4 is 10.2 Å². The molecule has 34 heavy (non-hydrogen) atoms. The van der Waals surface area contributed by atoms with Gasteiger partial charge in [-0.1, -0.05) is 42.0 Å². The lowest BCUT2D eigenvalue weighted by Crippen LogP contribution is -2.29. The predicted molar refractivity (Wildman–Crippen MR) is 134 cm³/mol. The normalized spacial score (nSPS) is 14.5. The van der Waals surface area contributed by atoms with Gasteiger partial charge in [-0.05, 0) is 50.7 Å². The highest BCUT2D eigenvalue weighted by molar-refractivity contribution is 6.06. The predicted octanol–water partition coefficient (Wildman–Crippen LogP) is 3.92. The van der Waals surface area contributed by atoms with Crippen molar-refractivity contribution in [1.82, 2.24) is 9.88 Å². The first kappa shape index (κ1) is 23.4. The number of anilines is 2. The highest BCUT2D eigenvalue weighted by atomic mass is 16.3. The number of Topliss-reactive ketones (excluding diaryl/α,β-unsaturated/α-hetero) is 1. The Labute approximate surface area is 200 Å². The van der Waals surface area contributed by atoms with Crippen molar-refractivity contribution in [3.8, 4) is 5.75 Å². The molecule has 2 aromatic carbocycles. The van der Waals surface area contributed by atoms with Gasteiger partial charge in [0.25, 0.3) is 5.91 Å². The maximum Gasteiger partial charge on any atom is 0.257 e. The molecule has 1 aliphatic rings. The lowest BCUT2D eigenvalue weighted by molar-refractivity contribution is 0.0988. The molecule has 3 aromatic rings. The molecule has 2 heterocycles. The van der Waals surface area contributed by atoms with Crippen molar-refractivity contribution < 1.29 is 14.7 Å². The Balaban J connectivity index is 1.47. The minimum Gasteiger partial charge on any atom is -0.506 e. The van der Waals surface area contributed by atoms with E-state index in [4.69, 9.17) is 0 Å². The zero-order chi connectivity index (χ0) is 24.1. The molecule has 0 bridgehead atoms. The fraction of sp³-hybridized carbons (Fsp3) is 0.296. The summed E-state index contributed by atoms with van der Waals surface area (Å²) in [4.78, 5) is 34.7. The Morgan fingerprint density at radius 1 is 0.971 bits per heavy atom. The van der Waals surface area contributed by atoms with Gasteiger partial charge in [-0.15, -0.1) is 0 Å². The number of amides is 1. The molecule has 1 amide bonds. The number of nitrogens with one attached hydrogen (secondary N) is 1. The number of phenolic OH excluding ortho intramolecular Hbond substituents is 1. The standard InChI is InChI=1S/C27H30N4O3/c1-19-7-9-20(10-8-19)24(33)17-21-5-3-6-23(32)26(21)29-27(34)22-11-12-25(28-18-22)31-14-4-13-30(2)15-16-31/h3,5-12,18,32H,4,13-17H2,1-2H3,(H,29,34). The number of aromatic nitrogens is 1. The van der Waals surface area contributed by atoms with E-state index in [0.29, 0.717) is 16.7 Å². The summed E-state index contributed by atoms with van der Waals surface area (Å²) in [7, 11) is 2.12. The van der Waals surface area contributed by atoms with Crippen LogP contribution >= 0.6 is 0 Å². The minimum atomic E-state index is -0.389. The van der Waals surface area contributed by atoms with Crippen LogP contribution in [-0.4, -0.2) is 59.9 Å². The molecule has 176 valence electrons. The monoisotopic (exact) mass is 458 g/mol. The number of carbonyl (C=O) groups excluding carboxylic acids is 2. The summed E-state index contributed by atoms with van der Waals surface area (Å²) in [5, 5.41) is 13.2. The zero-order valence-electron chi connectivity index (χ0n) is 19.6. The molecule has 1 fully saturated rings. The zero-order valence-corrected chi connectivity index (χ0v) is 19.6. The highest BCUT2D eigenvalue weighted by Crippen LogP contribution is 2.29. The number of pyridine rings is 1. The quantitative estimate of drug-likeness (QED) is 0.430. The molecule has 1 aromatic heterocycles. The van der Waals surface area contributed by atoms with Crippen molar-refractivity contribution in [2.45, 2.75) is 19.8 Å². The summed E-state index contributed by atoms with van der Waals surface area (Å²) in [6, 6.07) is 15.8. The van der Waals surface area contributed by atoms with E-state index in [-0.39, 0.29) is 29.5 Å². The first-order valence-electron chi connectivity index (χ1n) is 11.5. The molecule has 1 saturated heterocycles. The molecule has 0 unspecified atom stereocenters. The van der Waals surface area contributed by atoms with Gasteiger partial charge in [0.05, 0.1) is 11.3 Å². The summed E-state index contributed by atoms with van der Waals surface area (Å²) in [5.74, 6) is 0.287. The number of hydrogen-bond acceptors (Lipinski definition) is 6. The number of para-hydroxylation sites is 1. The van der Waals surface area contributed by atoms with Crippen LogP contribution in [0.25, 0.3) is 0 Å². The summed E-state index contributed by atoms with van der Waals surface area (Å²) < 4.78 is 0. The number of aryl methyl sites for hydroxylation is 1. The van der Waals surface area contributed by atoms with Crippen molar-refractivity contribution in [3.05, 3.63) is 83.0 Å². The van der Waals surface area contributed by atoms with Crippen molar-refractivity contribution in [3.63, 3.8) is 0 Å². The van der Waals surface area contributed by atoms with Crippen LogP contribution in [0.3, 0.4) is 0 Å². The first-order valence-corrected chi connectivity index (χ1v) is 11.5. The van der Waals surface area contributed by atoms with E-state index < -0.39 is 0 Å². The molecule has 0 radical (unpaired) electrons. The summed E-state index contributed by atoms with van der Waals surface area (Å²) in [5.41, 5.74) is 2.84. The Morgan fingerprint density at radius 3 is 2.47 bits per heavy atom. The summed E-state index contributed by atoms with van der Waals surface area (Å²) in [6.45, 7) is 5.82. The van der Waals surface area contributed by atoms with Crippen LogP contribution in [-0.2, 0) is 6.42 Å². The molecule has 0 aliphatic carbocycles. The molecule has 4 rings (SSSR count). The van der Waals surface area contributed by atoms with Crippen LogP contribution in [0.1, 0.15) is 38.3 Å². The molecule has 1 aliphatic heterocycles. The average molecular weight is 459 g/mol. The van der Waals surface area contributed by atoms with Crippen LogP contribution in [0.15, 0.2) is 60.8 Å². The van der Waals surface area contributed by atoms with E-state index in [1.165, 1.54) is 6.07 Å². The van der Waals surface area contributed by atoms with Gasteiger partial charge < -0.3 is 20.2 Å². The van der Waals surface area contributed by atoms with Crippen molar-refractivity contribution in [1.29, 1.82) is 0 Å². The van der Waals surface area contributed by atoms with Crippen molar-refractivity contribution >= 4 is 23.2 Å². The number of rotatable bonds is 6. The number of aromatic hydroxyl groups is 1. The SMILES string of the molecule is Cc1ccc(C(=O)Cc2cccc(O)c2NC(=O)c2ccc(N3CCCN(C)CC3)nc2)cc1. The Hall–Kier alpha value is -3.71. The minimum absolute atomic E-state index is 0.0632. The number of hydrogen-bond donors (Lipinski definition) is 2. The second-order valence-corrected chi connectivity index (χ2v) is 8.78. The number of phenols is 1. The fourth-order valence-corrected chi connectivity index (χ4v) is 4.06. The Morgan fingerprint density at radius 2 is 1.74 bits per heavy atom. The molecular formula is C27H30N4O3. The van der Waals surface area contributed by atoms with E-state index in [9.17, 15) is 14.7 Å². The Kier molecular flexibility index (Phi) is 7.23. The highest BCUT2D eigenvalue weighted by Gasteiger charge is 2.18. The lowest BCUT2D eigenvalue weighted by Gasteiger charge is -2.21. The number of benzene rings is 2. The van der Waals surface area contributed by atoms with Gasteiger partial charge in [0.15, 0.2) is 5.78 Å². The molecule has 0 spiro atoms. The second-order valence-electron chi connectivity index (χ2n) is 8.78. The van der Waals surface area contributed by atoms with Gasteiger partial charge in [0.2, 0.25) is 0 Å². The van der Waals surface area contributed by atoms with Crippen molar-refractivity contribution in [2.75, 3.05) is 43.4 Å². The van der Waals surface area contributed by atoms with Gasteiger partial charge in [-0.3, -0.25) is 9.59 Å². The number of ketones is 1. The van der Waals surface area contributed by atoms with E-state index in [1.807, 2.05) is 25.1 Å². The van der Waals surface area contributed by atoms with Gasteiger partial charge in [0, 0.05) is 37.8 Å². The third kappa shape index (κ3) is 5.61. The van der Waals surface area contributed by atoms with Gasteiger partial charge in [-0.25, -0.2) is 4.98 Å². The molecule has 2 N–H and O–H groups in total. The second kappa shape index (κ2) is 10.5. The Bertz CT molecular complexity index is 1160. The van der Waals surface area contributed by atoms with Crippen LogP contribution in [0, 0.1) is 6.92 Å². The van der Waals surface area contributed by atoms with E-state index in [0.717, 1.165) is 44.0 Å². The molecular weight excluding hydrogens is 428 g/mol. The number of likely N-dealkylation sites (N-methyl/N-ethyl adjacent to an activating group) is 1. The van der Waals surface area contributed by atoms with Crippen LogP contribution in [0.2, 0.25) is 0 Å². The van der Waals surface area contributed by atoms with Crippen LogP contribution in [0.5, 0.6) is 5.75 Å². The topological polar surface area (TPSA) is 85.8 Å². The van der Waals surface area contributed by atoms with Gasteiger partial charge in [0.1, 0.15) is 11.6 Å². The molecule has 7 nitrogen and oxygen atoms in total. The average Bonchev–Trinajstić information content (AvgIpc) is 3.06. The smallest absolute Gasteiger partial charge is 0.257 e. The molecule has 0 atom stereocenters. The maximum atomic E-state index is 12.9. The third-order valence-corrected chi connectivity index (χ3v) is 6.15. The number of carbonyl (C=O) groups is 2. The van der Waals surface area contributed by atoms with E-state index >= 15 is 0 Å². The van der Waals surface area contributed by atoms with Crippen molar-refractivity contribution in [2.24, 2.45) is 0 Å². The summed E-state index contributed by atoms with van der Waals surface area (Å²) in [6.07, 6.45) is 2.68. The van der Waals surface area contributed by atoms with Gasteiger partial charge in [-0.2, -0.15) is 0 Å². The molecule has 0 saturated carbocycles. The lowest BCUT2D eigenvalue weighted by atomic mass is 10.00.